The highest BCUT2D eigenvalue weighted by Gasteiger charge is 2.34. The van der Waals surface area contributed by atoms with Gasteiger partial charge < -0.3 is 5.32 Å². The Balaban J connectivity index is 1.93. The first-order valence-corrected chi connectivity index (χ1v) is 10.4. The van der Waals surface area contributed by atoms with Crippen LogP contribution in [0.25, 0.3) is 0 Å². The van der Waals surface area contributed by atoms with E-state index in [4.69, 9.17) is 0 Å². The number of carbonyl (C=O) groups excluding carboxylic acids is 1. The molecule has 0 unspecified atom stereocenters. The van der Waals surface area contributed by atoms with Crippen molar-refractivity contribution in [3.05, 3.63) is 29.8 Å². The maximum absolute atomic E-state index is 13.0. The van der Waals surface area contributed by atoms with Gasteiger partial charge in [0.1, 0.15) is 0 Å². The van der Waals surface area contributed by atoms with Gasteiger partial charge >= 0.3 is 6.18 Å². The van der Waals surface area contributed by atoms with E-state index < -0.39 is 27.9 Å². The molecule has 2 rings (SSSR count). The van der Waals surface area contributed by atoms with Crippen LogP contribution < -0.4 is 5.32 Å². The molecule has 0 bridgehead atoms. The highest BCUT2D eigenvalue weighted by Crippen LogP contribution is 2.34. The molecule has 1 aromatic carbocycles. The molecule has 0 saturated carbocycles. The molecule has 158 valence electrons. The Morgan fingerprint density at radius 1 is 1.11 bits per heavy atom. The molecule has 1 N–H and O–H groups in total. The van der Waals surface area contributed by atoms with E-state index in [-0.39, 0.29) is 25.3 Å². The lowest BCUT2D eigenvalue weighted by molar-refractivity contribution is -0.137. The standard InChI is InChI=1S/C17H25F3N4O3S/c1-3-23(4-2)28(26,27)24-11-9-22(10-12-24)13-16(25)21-15-8-6-5-7-14(15)17(18,19)20/h5-8H,3-4,9-13H2,1-2H3,(H,21,25). The summed E-state index contributed by atoms with van der Waals surface area (Å²) in [5, 5.41) is 2.30. The minimum atomic E-state index is -4.56. The van der Waals surface area contributed by atoms with Gasteiger partial charge in [0.25, 0.3) is 10.2 Å². The van der Waals surface area contributed by atoms with Crippen molar-refractivity contribution in [2.24, 2.45) is 0 Å². The van der Waals surface area contributed by atoms with Gasteiger partial charge in [0, 0.05) is 39.3 Å². The van der Waals surface area contributed by atoms with Gasteiger partial charge in [0.05, 0.1) is 17.8 Å². The van der Waals surface area contributed by atoms with Gasteiger partial charge in [0.2, 0.25) is 5.91 Å². The summed E-state index contributed by atoms with van der Waals surface area (Å²) >= 11 is 0. The molecule has 1 aliphatic rings. The molecule has 0 spiro atoms. The Labute approximate surface area is 163 Å². The van der Waals surface area contributed by atoms with E-state index in [1.54, 1.807) is 18.7 Å². The highest BCUT2D eigenvalue weighted by atomic mass is 32.2. The first-order chi connectivity index (χ1) is 13.1. The molecule has 28 heavy (non-hydrogen) atoms. The largest absolute Gasteiger partial charge is 0.418 e. The normalized spacial score (nSPS) is 17.1. The molecule has 1 aliphatic heterocycles. The summed E-state index contributed by atoms with van der Waals surface area (Å²) in [5.74, 6) is -0.572. The van der Waals surface area contributed by atoms with Crippen LogP contribution in [0.1, 0.15) is 19.4 Å². The van der Waals surface area contributed by atoms with Crippen LogP contribution in [0.15, 0.2) is 24.3 Å². The summed E-state index contributed by atoms with van der Waals surface area (Å²) < 4.78 is 66.7. The molecular weight excluding hydrogens is 397 g/mol. The SMILES string of the molecule is CCN(CC)S(=O)(=O)N1CCN(CC(=O)Nc2ccccc2C(F)(F)F)CC1. The minimum absolute atomic E-state index is 0.106. The van der Waals surface area contributed by atoms with E-state index in [1.165, 1.54) is 26.8 Å². The lowest BCUT2D eigenvalue weighted by Gasteiger charge is -2.36. The molecule has 0 aromatic heterocycles. The molecular formula is C17H25F3N4O3S. The molecule has 0 aliphatic carbocycles. The second kappa shape index (κ2) is 9.21. The molecule has 11 heteroatoms. The van der Waals surface area contributed by atoms with Crippen molar-refractivity contribution in [3.63, 3.8) is 0 Å². The van der Waals surface area contributed by atoms with E-state index in [2.05, 4.69) is 5.32 Å². The van der Waals surface area contributed by atoms with Crippen LogP contribution in [0.2, 0.25) is 0 Å². The van der Waals surface area contributed by atoms with Crippen molar-refractivity contribution in [2.75, 3.05) is 51.1 Å². The van der Waals surface area contributed by atoms with Crippen molar-refractivity contribution < 1.29 is 26.4 Å². The van der Waals surface area contributed by atoms with E-state index in [1.807, 2.05) is 0 Å². The first-order valence-electron chi connectivity index (χ1n) is 9.03. The molecule has 1 fully saturated rings. The van der Waals surface area contributed by atoms with Crippen LogP contribution in [0.5, 0.6) is 0 Å². The maximum Gasteiger partial charge on any atom is 0.418 e. The fourth-order valence-electron chi connectivity index (χ4n) is 3.06. The third-order valence-electron chi connectivity index (χ3n) is 4.56. The van der Waals surface area contributed by atoms with Crippen LogP contribution in [0.3, 0.4) is 0 Å². The summed E-state index contributed by atoms with van der Waals surface area (Å²) in [6.07, 6.45) is -4.56. The summed E-state index contributed by atoms with van der Waals surface area (Å²) in [5.41, 5.74) is -1.19. The van der Waals surface area contributed by atoms with E-state index in [0.717, 1.165) is 6.07 Å². The van der Waals surface area contributed by atoms with Gasteiger partial charge in [-0.25, -0.2) is 0 Å². The number of anilines is 1. The van der Waals surface area contributed by atoms with Crippen LogP contribution in [0.4, 0.5) is 18.9 Å². The van der Waals surface area contributed by atoms with Crippen molar-refractivity contribution in [1.82, 2.24) is 13.5 Å². The van der Waals surface area contributed by atoms with Crippen LogP contribution in [-0.4, -0.2) is 73.6 Å². The number of carbonyl (C=O) groups is 1. The molecule has 0 atom stereocenters. The number of para-hydroxylation sites is 1. The van der Waals surface area contributed by atoms with Crippen LogP contribution in [0, 0.1) is 0 Å². The van der Waals surface area contributed by atoms with Crippen molar-refractivity contribution in [3.8, 4) is 0 Å². The second-order valence-corrected chi connectivity index (χ2v) is 8.29. The zero-order chi connectivity index (χ0) is 20.9. The molecule has 1 amide bonds. The van der Waals surface area contributed by atoms with Gasteiger partial charge in [-0.15, -0.1) is 0 Å². The fourth-order valence-corrected chi connectivity index (χ4v) is 4.67. The van der Waals surface area contributed by atoms with Gasteiger partial charge in [0.15, 0.2) is 0 Å². The highest BCUT2D eigenvalue weighted by molar-refractivity contribution is 7.86. The molecule has 1 heterocycles. The zero-order valence-corrected chi connectivity index (χ0v) is 16.7. The summed E-state index contributed by atoms with van der Waals surface area (Å²) in [6, 6.07) is 4.79. The Hall–Kier alpha value is -1.69. The van der Waals surface area contributed by atoms with E-state index >= 15 is 0 Å². The predicted octanol–water partition coefficient (Wildman–Crippen LogP) is 1.85. The number of hydrogen-bond donors (Lipinski definition) is 1. The molecule has 0 radical (unpaired) electrons. The number of rotatable bonds is 7. The number of nitrogens with one attached hydrogen (secondary N) is 1. The third-order valence-corrected chi connectivity index (χ3v) is 6.75. The first kappa shape index (κ1) is 22.6. The number of halogens is 3. The Morgan fingerprint density at radius 2 is 1.68 bits per heavy atom. The van der Waals surface area contributed by atoms with Gasteiger partial charge in [-0.05, 0) is 12.1 Å². The second-order valence-electron chi connectivity index (χ2n) is 6.36. The monoisotopic (exact) mass is 422 g/mol. The van der Waals surface area contributed by atoms with Crippen molar-refractivity contribution in [1.29, 1.82) is 0 Å². The Bertz CT molecular complexity index is 774. The number of amides is 1. The van der Waals surface area contributed by atoms with Crippen LogP contribution >= 0.6 is 0 Å². The lowest BCUT2D eigenvalue weighted by Crippen LogP contribution is -2.54. The molecule has 1 aromatic rings. The average molecular weight is 422 g/mol. The van der Waals surface area contributed by atoms with Crippen molar-refractivity contribution in [2.45, 2.75) is 20.0 Å². The lowest BCUT2D eigenvalue weighted by atomic mass is 10.1. The summed E-state index contributed by atoms with van der Waals surface area (Å²) in [6.45, 7) is 5.28. The fraction of sp³-hybridized carbons (Fsp3) is 0.588. The van der Waals surface area contributed by atoms with Gasteiger partial charge in [-0.3, -0.25) is 9.69 Å². The third kappa shape index (κ3) is 5.43. The number of alkyl halides is 3. The van der Waals surface area contributed by atoms with Gasteiger partial charge in [-0.2, -0.15) is 30.2 Å². The summed E-state index contributed by atoms with van der Waals surface area (Å²) in [4.78, 5) is 13.9. The smallest absolute Gasteiger partial charge is 0.324 e. The van der Waals surface area contributed by atoms with E-state index in [0.29, 0.717) is 26.2 Å². The predicted molar refractivity (Wildman–Crippen MR) is 99.9 cm³/mol. The Morgan fingerprint density at radius 3 is 2.21 bits per heavy atom. The number of nitrogens with zero attached hydrogens (tertiary/aromatic N) is 3. The summed E-state index contributed by atoms with van der Waals surface area (Å²) in [7, 11) is -3.53. The number of benzene rings is 1. The van der Waals surface area contributed by atoms with Crippen LogP contribution in [-0.2, 0) is 21.2 Å². The quantitative estimate of drug-likeness (QED) is 0.728. The van der Waals surface area contributed by atoms with Crippen molar-refractivity contribution >= 4 is 21.8 Å². The topological polar surface area (TPSA) is 73.0 Å². The Kier molecular flexibility index (Phi) is 7.43. The maximum atomic E-state index is 13.0. The van der Waals surface area contributed by atoms with Gasteiger partial charge in [-0.1, -0.05) is 26.0 Å². The van der Waals surface area contributed by atoms with E-state index in [9.17, 15) is 26.4 Å². The number of piperazine rings is 1. The molecule has 1 saturated heterocycles. The zero-order valence-electron chi connectivity index (χ0n) is 15.9. The minimum Gasteiger partial charge on any atom is -0.324 e. The number of hydrogen-bond acceptors (Lipinski definition) is 4. The molecule has 7 nitrogen and oxygen atoms in total. The average Bonchev–Trinajstić information content (AvgIpc) is 2.62.